The summed E-state index contributed by atoms with van der Waals surface area (Å²) in [5, 5.41) is 9.89. The lowest BCUT2D eigenvalue weighted by Gasteiger charge is -2.18. The molecular formula is C12H17FO2. The molecule has 0 spiro atoms. The second-order valence-corrected chi connectivity index (χ2v) is 3.72. The van der Waals surface area contributed by atoms with Crippen LogP contribution >= 0.6 is 0 Å². The van der Waals surface area contributed by atoms with Crippen LogP contribution in [-0.4, -0.2) is 12.2 Å². The Morgan fingerprint density at radius 2 is 2.13 bits per heavy atom. The van der Waals surface area contributed by atoms with Crippen molar-refractivity contribution in [3.8, 4) is 5.75 Å². The van der Waals surface area contributed by atoms with Crippen molar-refractivity contribution in [2.24, 2.45) is 5.92 Å². The van der Waals surface area contributed by atoms with Gasteiger partial charge in [-0.05, 0) is 24.1 Å². The molecule has 0 aliphatic rings. The van der Waals surface area contributed by atoms with E-state index in [1.165, 1.54) is 13.2 Å². The Kier molecular flexibility index (Phi) is 4.09. The number of methoxy groups -OCH3 is 1. The monoisotopic (exact) mass is 212 g/mol. The van der Waals surface area contributed by atoms with E-state index < -0.39 is 6.10 Å². The Balaban J connectivity index is 3.01. The topological polar surface area (TPSA) is 29.5 Å². The Bertz CT molecular complexity index is 325. The molecule has 0 aliphatic heterocycles. The van der Waals surface area contributed by atoms with Gasteiger partial charge in [0.1, 0.15) is 11.6 Å². The van der Waals surface area contributed by atoms with Gasteiger partial charge in [0, 0.05) is 5.56 Å². The predicted molar refractivity (Wildman–Crippen MR) is 57.4 cm³/mol. The van der Waals surface area contributed by atoms with Crippen LogP contribution in [0.4, 0.5) is 4.39 Å². The molecule has 0 saturated carbocycles. The van der Waals surface area contributed by atoms with E-state index in [2.05, 4.69) is 0 Å². The van der Waals surface area contributed by atoms with Crippen LogP contribution in [0.15, 0.2) is 18.2 Å². The first-order valence-corrected chi connectivity index (χ1v) is 5.11. The number of benzene rings is 1. The Morgan fingerprint density at radius 3 is 2.67 bits per heavy atom. The molecule has 0 heterocycles. The first-order chi connectivity index (χ1) is 7.10. The molecule has 2 atom stereocenters. The molecule has 1 aromatic rings. The van der Waals surface area contributed by atoms with Crippen LogP contribution in [0.25, 0.3) is 0 Å². The van der Waals surface area contributed by atoms with Crippen LogP contribution in [-0.2, 0) is 0 Å². The first-order valence-electron chi connectivity index (χ1n) is 5.11. The number of ether oxygens (including phenoxy) is 1. The fraction of sp³-hybridized carbons (Fsp3) is 0.500. The molecule has 1 aromatic carbocycles. The number of aliphatic hydroxyl groups excluding tert-OH is 1. The summed E-state index contributed by atoms with van der Waals surface area (Å²) in [6.45, 7) is 3.86. The van der Waals surface area contributed by atoms with E-state index in [9.17, 15) is 9.50 Å². The van der Waals surface area contributed by atoms with Crippen molar-refractivity contribution in [1.82, 2.24) is 0 Å². The molecular weight excluding hydrogens is 195 g/mol. The van der Waals surface area contributed by atoms with Crippen molar-refractivity contribution in [2.75, 3.05) is 7.11 Å². The summed E-state index contributed by atoms with van der Waals surface area (Å²) in [5.41, 5.74) is 0.309. The minimum Gasteiger partial charge on any atom is -0.497 e. The zero-order valence-electron chi connectivity index (χ0n) is 9.33. The number of rotatable bonds is 4. The van der Waals surface area contributed by atoms with Gasteiger partial charge in [0.05, 0.1) is 13.2 Å². The van der Waals surface area contributed by atoms with Crippen LogP contribution in [0.5, 0.6) is 5.75 Å². The van der Waals surface area contributed by atoms with Crippen molar-refractivity contribution < 1.29 is 14.2 Å². The Labute approximate surface area is 89.7 Å². The van der Waals surface area contributed by atoms with Crippen LogP contribution < -0.4 is 4.74 Å². The Hall–Kier alpha value is -1.09. The molecule has 84 valence electrons. The summed E-state index contributed by atoms with van der Waals surface area (Å²) < 4.78 is 18.4. The van der Waals surface area contributed by atoms with Gasteiger partial charge < -0.3 is 9.84 Å². The van der Waals surface area contributed by atoms with E-state index in [1.807, 2.05) is 13.8 Å². The minimum absolute atomic E-state index is 0.0339. The van der Waals surface area contributed by atoms with Gasteiger partial charge in [-0.2, -0.15) is 0 Å². The van der Waals surface area contributed by atoms with E-state index in [1.54, 1.807) is 12.1 Å². The van der Waals surface area contributed by atoms with Crippen LogP contribution in [0.3, 0.4) is 0 Å². The lowest BCUT2D eigenvalue weighted by atomic mass is 9.95. The largest absolute Gasteiger partial charge is 0.497 e. The Morgan fingerprint density at radius 1 is 1.47 bits per heavy atom. The molecule has 0 radical (unpaired) electrons. The van der Waals surface area contributed by atoms with Crippen LogP contribution in [0.1, 0.15) is 31.9 Å². The van der Waals surface area contributed by atoms with Crippen molar-refractivity contribution in [2.45, 2.75) is 26.4 Å². The van der Waals surface area contributed by atoms with E-state index in [4.69, 9.17) is 4.74 Å². The number of aliphatic hydroxyl groups is 1. The lowest BCUT2D eigenvalue weighted by molar-refractivity contribution is 0.111. The predicted octanol–water partition coefficient (Wildman–Crippen LogP) is 2.91. The third-order valence-electron chi connectivity index (χ3n) is 2.70. The summed E-state index contributed by atoms with van der Waals surface area (Å²) in [6, 6.07) is 4.41. The molecule has 2 nitrogen and oxygen atoms in total. The smallest absolute Gasteiger partial charge is 0.129 e. The summed E-state index contributed by atoms with van der Waals surface area (Å²) in [4.78, 5) is 0. The summed E-state index contributed by atoms with van der Waals surface area (Å²) in [7, 11) is 1.52. The second kappa shape index (κ2) is 5.12. The third kappa shape index (κ3) is 2.69. The van der Waals surface area contributed by atoms with Crippen molar-refractivity contribution in [3.05, 3.63) is 29.6 Å². The molecule has 0 bridgehead atoms. The van der Waals surface area contributed by atoms with Crippen molar-refractivity contribution in [3.63, 3.8) is 0 Å². The van der Waals surface area contributed by atoms with Gasteiger partial charge in [0.15, 0.2) is 0 Å². The van der Waals surface area contributed by atoms with Gasteiger partial charge in [-0.25, -0.2) is 4.39 Å². The molecule has 0 saturated heterocycles. The van der Waals surface area contributed by atoms with Gasteiger partial charge >= 0.3 is 0 Å². The zero-order valence-corrected chi connectivity index (χ0v) is 9.33. The van der Waals surface area contributed by atoms with Gasteiger partial charge in [-0.3, -0.25) is 0 Å². The third-order valence-corrected chi connectivity index (χ3v) is 2.70. The molecule has 15 heavy (non-hydrogen) atoms. The van der Waals surface area contributed by atoms with Crippen LogP contribution in [0.2, 0.25) is 0 Å². The van der Waals surface area contributed by atoms with Gasteiger partial charge in [0.25, 0.3) is 0 Å². The lowest BCUT2D eigenvalue weighted by Crippen LogP contribution is -2.10. The highest BCUT2D eigenvalue weighted by Gasteiger charge is 2.18. The summed E-state index contributed by atoms with van der Waals surface area (Å²) in [6.07, 6.45) is 0.0303. The molecule has 3 heteroatoms. The standard InChI is InChI=1S/C12H17FO2/c1-4-8(2)12(14)10-7-9(15-3)5-6-11(10)13/h5-8,12,14H,4H2,1-3H3/t8-,12?/m1/s1. The molecule has 0 aromatic heterocycles. The average Bonchev–Trinajstić information content (AvgIpc) is 2.27. The maximum atomic E-state index is 13.4. The average molecular weight is 212 g/mol. The molecule has 0 fully saturated rings. The fourth-order valence-electron chi connectivity index (χ4n) is 1.41. The highest BCUT2D eigenvalue weighted by atomic mass is 19.1. The highest BCUT2D eigenvalue weighted by Crippen LogP contribution is 2.28. The van der Waals surface area contributed by atoms with Gasteiger partial charge in [-0.1, -0.05) is 20.3 Å². The molecule has 1 N–H and O–H groups in total. The van der Waals surface area contributed by atoms with E-state index in [0.717, 1.165) is 6.42 Å². The van der Waals surface area contributed by atoms with E-state index >= 15 is 0 Å². The fourth-order valence-corrected chi connectivity index (χ4v) is 1.41. The highest BCUT2D eigenvalue weighted by molar-refractivity contribution is 5.31. The number of hydrogen-bond donors (Lipinski definition) is 1. The minimum atomic E-state index is -0.773. The maximum Gasteiger partial charge on any atom is 0.129 e. The van der Waals surface area contributed by atoms with Crippen molar-refractivity contribution >= 4 is 0 Å². The van der Waals surface area contributed by atoms with E-state index in [-0.39, 0.29) is 11.7 Å². The molecule has 0 aliphatic carbocycles. The molecule has 1 unspecified atom stereocenters. The number of halogens is 1. The normalized spacial score (nSPS) is 14.7. The maximum absolute atomic E-state index is 13.4. The quantitative estimate of drug-likeness (QED) is 0.831. The first kappa shape index (κ1) is 12.0. The molecule has 1 rings (SSSR count). The number of hydrogen-bond acceptors (Lipinski definition) is 2. The van der Waals surface area contributed by atoms with Gasteiger partial charge in [0.2, 0.25) is 0 Å². The van der Waals surface area contributed by atoms with Crippen LogP contribution in [0, 0.1) is 11.7 Å². The summed E-state index contributed by atoms with van der Waals surface area (Å²) >= 11 is 0. The zero-order chi connectivity index (χ0) is 11.4. The van der Waals surface area contributed by atoms with Gasteiger partial charge in [-0.15, -0.1) is 0 Å². The second-order valence-electron chi connectivity index (χ2n) is 3.72. The van der Waals surface area contributed by atoms with Crippen molar-refractivity contribution in [1.29, 1.82) is 0 Å². The summed E-state index contributed by atoms with van der Waals surface area (Å²) in [5.74, 6) is 0.212. The van der Waals surface area contributed by atoms with E-state index in [0.29, 0.717) is 11.3 Å². The SMILES string of the molecule is CC[C@@H](C)C(O)c1cc(OC)ccc1F. The molecule has 0 amide bonds.